The molecule has 224 valence electrons. The molecule has 8 heteroatoms. The van der Waals surface area contributed by atoms with Crippen LogP contribution < -0.4 is 10.2 Å². The first-order valence-corrected chi connectivity index (χ1v) is 14.5. The van der Waals surface area contributed by atoms with Gasteiger partial charge in [-0.25, -0.2) is 17.6 Å². The maximum absolute atomic E-state index is 14.1. The van der Waals surface area contributed by atoms with Crippen molar-refractivity contribution in [2.45, 2.75) is 65.5 Å². The average Bonchev–Trinajstić information content (AvgIpc) is 2.95. The minimum absolute atomic E-state index is 0.00844. The highest BCUT2D eigenvalue weighted by Crippen LogP contribution is 2.29. The first kappa shape index (κ1) is 31.1. The van der Waals surface area contributed by atoms with Gasteiger partial charge in [0.1, 0.15) is 17.5 Å². The summed E-state index contributed by atoms with van der Waals surface area (Å²) < 4.78 is 55.2. The Hall–Kier alpha value is -3.81. The number of benzene rings is 3. The van der Waals surface area contributed by atoms with Crippen LogP contribution in [-0.2, 0) is 0 Å². The van der Waals surface area contributed by atoms with E-state index in [1.165, 1.54) is 12.1 Å². The number of piperidine rings is 1. The lowest BCUT2D eigenvalue weighted by Gasteiger charge is -2.40. The van der Waals surface area contributed by atoms with Gasteiger partial charge >= 0.3 is 0 Å². The van der Waals surface area contributed by atoms with Gasteiger partial charge in [0, 0.05) is 53.7 Å². The zero-order valence-corrected chi connectivity index (χ0v) is 24.8. The number of hydrogen-bond donors (Lipinski definition) is 1. The van der Waals surface area contributed by atoms with Crippen LogP contribution in [0, 0.1) is 25.5 Å². The third-order valence-corrected chi connectivity index (χ3v) is 7.83. The summed E-state index contributed by atoms with van der Waals surface area (Å²) in [6, 6.07) is 17.2. The first-order chi connectivity index (χ1) is 20.0. The van der Waals surface area contributed by atoms with Crippen molar-refractivity contribution in [3.05, 3.63) is 107 Å². The summed E-state index contributed by atoms with van der Waals surface area (Å²) in [6.07, 6.45) is -0.0446. The van der Waals surface area contributed by atoms with Crippen LogP contribution in [0.15, 0.2) is 78.1 Å². The van der Waals surface area contributed by atoms with Crippen LogP contribution in [0.4, 0.5) is 28.9 Å². The van der Waals surface area contributed by atoms with Crippen LogP contribution in [0.1, 0.15) is 55.4 Å². The lowest BCUT2D eigenvalue weighted by Crippen LogP contribution is -2.44. The Kier molecular flexibility index (Phi) is 10.3. The van der Waals surface area contributed by atoms with E-state index in [-0.39, 0.29) is 12.1 Å². The van der Waals surface area contributed by atoms with E-state index in [2.05, 4.69) is 16.8 Å². The van der Waals surface area contributed by atoms with Crippen molar-refractivity contribution in [3.8, 4) is 0 Å². The van der Waals surface area contributed by atoms with E-state index in [4.69, 9.17) is 4.99 Å². The van der Waals surface area contributed by atoms with E-state index < -0.39 is 24.6 Å². The van der Waals surface area contributed by atoms with E-state index in [9.17, 15) is 17.6 Å². The van der Waals surface area contributed by atoms with Crippen LogP contribution in [0.5, 0.6) is 0 Å². The van der Waals surface area contributed by atoms with Crippen LogP contribution in [-0.4, -0.2) is 48.8 Å². The number of aryl methyl sites for hydroxylation is 2. The standard InChI is InChI=1S/C34H40F4N4/c1-6-24(4)39-34(26-18-27(35)20-28(36)19-26)31-12-11-30(17-23(31)3)40-29-13-15-41(16-14-29)25(5)42(21-33(37)38)32-10-8-7-9-22(32)2/h7-12,17-20,24,29,33,40H,5-6,13-16,21H2,1-4H3. The molecule has 1 N–H and O–H groups in total. The fourth-order valence-corrected chi connectivity index (χ4v) is 5.36. The normalized spacial score (nSPS) is 15.2. The average molecular weight is 581 g/mol. The maximum Gasteiger partial charge on any atom is 0.256 e. The van der Waals surface area contributed by atoms with Gasteiger partial charge in [-0.2, -0.15) is 0 Å². The van der Waals surface area contributed by atoms with Gasteiger partial charge in [0.05, 0.1) is 12.3 Å². The predicted octanol–water partition coefficient (Wildman–Crippen LogP) is 8.34. The highest BCUT2D eigenvalue weighted by molar-refractivity contribution is 6.14. The molecule has 0 spiro atoms. The lowest BCUT2D eigenvalue weighted by molar-refractivity contribution is 0.152. The minimum Gasteiger partial charge on any atom is -0.382 e. The molecular weight excluding hydrogens is 540 g/mol. The van der Waals surface area contributed by atoms with Crippen molar-refractivity contribution in [3.63, 3.8) is 0 Å². The first-order valence-electron chi connectivity index (χ1n) is 14.5. The number of hydrogen-bond acceptors (Lipinski definition) is 4. The Morgan fingerprint density at radius 2 is 1.67 bits per heavy atom. The molecule has 0 bridgehead atoms. The smallest absolute Gasteiger partial charge is 0.256 e. The summed E-state index contributed by atoms with van der Waals surface area (Å²) in [6.45, 7) is 13.1. The molecule has 1 unspecified atom stereocenters. The topological polar surface area (TPSA) is 30.9 Å². The van der Waals surface area contributed by atoms with Crippen LogP contribution in [0.3, 0.4) is 0 Å². The van der Waals surface area contributed by atoms with E-state index in [0.29, 0.717) is 30.2 Å². The lowest BCUT2D eigenvalue weighted by atomic mass is 9.96. The Bertz CT molecular complexity index is 1390. The molecule has 3 aromatic rings. The molecule has 1 aliphatic rings. The van der Waals surface area contributed by atoms with Gasteiger partial charge in [0.15, 0.2) is 0 Å². The van der Waals surface area contributed by atoms with Crippen molar-refractivity contribution in [2.75, 3.05) is 29.9 Å². The molecule has 0 saturated carbocycles. The highest BCUT2D eigenvalue weighted by Gasteiger charge is 2.26. The number of likely N-dealkylation sites (tertiary alicyclic amines) is 1. The molecule has 3 aromatic carbocycles. The van der Waals surface area contributed by atoms with Crippen molar-refractivity contribution in [1.82, 2.24) is 4.90 Å². The number of para-hydroxylation sites is 1. The molecule has 1 fully saturated rings. The molecule has 0 aliphatic carbocycles. The number of nitrogens with zero attached hydrogens (tertiary/aromatic N) is 3. The molecule has 1 aliphatic heterocycles. The fourth-order valence-electron chi connectivity index (χ4n) is 5.36. The van der Waals surface area contributed by atoms with Crippen molar-refractivity contribution in [1.29, 1.82) is 0 Å². The Morgan fingerprint density at radius 1 is 1.00 bits per heavy atom. The summed E-state index contributed by atoms with van der Waals surface area (Å²) >= 11 is 0. The van der Waals surface area contributed by atoms with Gasteiger partial charge in [-0.3, -0.25) is 4.99 Å². The third kappa shape index (κ3) is 7.72. The molecule has 1 saturated heterocycles. The molecule has 4 nitrogen and oxygen atoms in total. The predicted molar refractivity (Wildman–Crippen MR) is 165 cm³/mol. The van der Waals surface area contributed by atoms with Gasteiger partial charge in [-0.05, 0) is 81.5 Å². The van der Waals surface area contributed by atoms with Gasteiger partial charge in [0.25, 0.3) is 6.43 Å². The van der Waals surface area contributed by atoms with Gasteiger partial charge in [0.2, 0.25) is 0 Å². The largest absolute Gasteiger partial charge is 0.382 e. The maximum atomic E-state index is 14.1. The van der Waals surface area contributed by atoms with Gasteiger partial charge < -0.3 is 15.1 Å². The number of aliphatic imine (C=N–C) groups is 1. The van der Waals surface area contributed by atoms with Crippen molar-refractivity contribution < 1.29 is 17.6 Å². The molecule has 1 atom stereocenters. The number of anilines is 2. The van der Waals surface area contributed by atoms with E-state index >= 15 is 0 Å². The van der Waals surface area contributed by atoms with E-state index in [1.807, 2.05) is 70.2 Å². The van der Waals surface area contributed by atoms with Crippen LogP contribution in [0.2, 0.25) is 0 Å². The summed E-state index contributed by atoms with van der Waals surface area (Å²) in [5.74, 6) is -0.684. The fraction of sp³-hybridized carbons (Fsp3) is 0.382. The Balaban J connectivity index is 1.46. The monoisotopic (exact) mass is 580 g/mol. The molecule has 1 heterocycles. The second-order valence-corrected chi connectivity index (χ2v) is 11.0. The molecule has 0 aromatic heterocycles. The highest BCUT2D eigenvalue weighted by atomic mass is 19.3. The molecule has 42 heavy (non-hydrogen) atoms. The quantitative estimate of drug-likeness (QED) is 0.183. The zero-order valence-electron chi connectivity index (χ0n) is 24.8. The van der Waals surface area contributed by atoms with Gasteiger partial charge in [-0.1, -0.05) is 37.8 Å². The summed E-state index contributed by atoms with van der Waals surface area (Å²) in [5.41, 5.74) is 5.37. The van der Waals surface area contributed by atoms with Crippen molar-refractivity contribution >= 4 is 17.1 Å². The van der Waals surface area contributed by atoms with Crippen LogP contribution >= 0.6 is 0 Å². The van der Waals surface area contributed by atoms with E-state index in [0.717, 1.165) is 53.4 Å². The molecule has 0 radical (unpaired) electrons. The van der Waals surface area contributed by atoms with Crippen molar-refractivity contribution in [2.24, 2.45) is 4.99 Å². The SMILES string of the molecule is C=C(N1CCC(Nc2ccc(C(=NC(C)CC)c3cc(F)cc(F)c3)c(C)c2)CC1)N(CC(F)F)c1ccccc1C. The number of rotatable bonds is 11. The summed E-state index contributed by atoms with van der Waals surface area (Å²) in [4.78, 5) is 8.51. The van der Waals surface area contributed by atoms with Crippen LogP contribution in [0.25, 0.3) is 0 Å². The summed E-state index contributed by atoms with van der Waals surface area (Å²) in [7, 11) is 0. The Labute approximate surface area is 246 Å². The van der Waals surface area contributed by atoms with E-state index in [1.54, 1.807) is 4.90 Å². The third-order valence-electron chi connectivity index (χ3n) is 7.83. The Morgan fingerprint density at radius 3 is 2.26 bits per heavy atom. The second kappa shape index (κ2) is 13.9. The molecular formula is C34H40F4N4. The number of alkyl halides is 2. The number of nitrogens with one attached hydrogen (secondary N) is 1. The van der Waals surface area contributed by atoms with Gasteiger partial charge in [-0.15, -0.1) is 0 Å². The zero-order chi connectivity index (χ0) is 30.4. The summed E-state index contributed by atoms with van der Waals surface area (Å²) in [5, 5.41) is 3.61. The number of halogens is 4. The minimum atomic E-state index is -2.48. The molecule has 0 amide bonds. The molecule has 4 rings (SSSR count). The second-order valence-electron chi connectivity index (χ2n) is 11.0.